The maximum absolute atomic E-state index is 11.1. The van der Waals surface area contributed by atoms with Crippen molar-refractivity contribution in [1.29, 1.82) is 5.41 Å². The summed E-state index contributed by atoms with van der Waals surface area (Å²) in [6.07, 6.45) is 5.28. The van der Waals surface area contributed by atoms with Gasteiger partial charge in [-0.3, -0.25) is 25.7 Å². The van der Waals surface area contributed by atoms with E-state index in [2.05, 4.69) is 4.99 Å². The van der Waals surface area contributed by atoms with Gasteiger partial charge in [0.05, 0.1) is 23.3 Å². The molecule has 9 heteroatoms. The molecule has 2 aromatic carbocycles. The van der Waals surface area contributed by atoms with Crippen LogP contribution in [0.2, 0.25) is 0 Å². The minimum atomic E-state index is -0.524. The number of rotatable bonds is 7. The van der Waals surface area contributed by atoms with E-state index >= 15 is 0 Å². The Hall–Kier alpha value is -3.72. The van der Waals surface area contributed by atoms with Crippen molar-refractivity contribution in [1.82, 2.24) is 4.90 Å². The highest BCUT2D eigenvalue weighted by Crippen LogP contribution is 2.26. The molecule has 0 radical (unpaired) electrons. The molecule has 1 aliphatic rings. The third kappa shape index (κ3) is 5.92. The van der Waals surface area contributed by atoms with Crippen LogP contribution in [0.3, 0.4) is 0 Å². The Morgan fingerprint density at radius 3 is 2.72 bits per heavy atom. The zero-order valence-corrected chi connectivity index (χ0v) is 18.0. The lowest BCUT2D eigenvalue weighted by molar-refractivity contribution is -0.384. The Labute approximate surface area is 187 Å². The Morgan fingerprint density at radius 2 is 2.03 bits per heavy atom. The number of aliphatic imine (C=N–C) groups is 1. The highest BCUT2D eigenvalue weighted by Gasteiger charge is 2.19. The zero-order valence-electron chi connectivity index (χ0n) is 18.0. The molecule has 0 unspecified atom stereocenters. The van der Waals surface area contributed by atoms with Gasteiger partial charge in [0.1, 0.15) is 11.5 Å². The Morgan fingerprint density at radius 1 is 1.31 bits per heavy atom. The number of nitro benzene ring substituents is 1. The molecule has 9 nitrogen and oxygen atoms in total. The summed E-state index contributed by atoms with van der Waals surface area (Å²) in [6.45, 7) is 3.52. The van der Waals surface area contributed by atoms with Crippen LogP contribution in [0.15, 0.2) is 59.6 Å². The molecule has 3 rings (SSSR count). The van der Waals surface area contributed by atoms with Crippen molar-refractivity contribution < 1.29 is 10.1 Å². The molecule has 0 atom stereocenters. The molecule has 4 N–H and O–H groups in total. The van der Waals surface area contributed by atoms with Gasteiger partial charge in [-0.05, 0) is 37.5 Å². The van der Waals surface area contributed by atoms with E-state index in [4.69, 9.17) is 11.1 Å². The molecule has 32 heavy (non-hydrogen) atoms. The maximum atomic E-state index is 11.1. The van der Waals surface area contributed by atoms with Gasteiger partial charge in [-0.15, -0.1) is 0 Å². The number of nitrogens with one attached hydrogen (secondary N) is 1. The summed E-state index contributed by atoms with van der Waals surface area (Å²) in [5.74, 6) is 1.07. The van der Waals surface area contributed by atoms with E-state index in [-0.39, 0.29) is 24.0 Å². The monoisotopic (exact) mass is 436 g/mol. The summed E-state index contributed by atoms with van der Waals surface area (Å²) in [5.41, 5.74) is 7.92. The maximum Gasteiger partial charge on any atom is 0.294 e. The predicted molar refractivity (Wildman–Crippen MR) is 126 cm³/mol. The second-order valence-electron chi connectivity index (χ2n) is 7.67. The molecule has 0 aromatic heterocycles. The first-order valence-electron chi connectivity index (χ1n) is 10.5. The number of amidine groups is 2. The first-order valence-corrected chi connectivity index (χ1v) is 10.5. The standard InChI is InChI=1S/C23H28N6O3/c1-17(24)27-14-11-20(12-15-27)26-23(25)19-8-4-6-18(16-19)7-5-13-28(30)21-9-2-3-10-22(21)29(31)32/h2-10,16,20,24,30H,11-15H2,1H3,(H2,25,26)/b7-5+,24-17?. The van der Waals surface area contributed by atoms with Crippen molar-refractivity contribution in [2.45, 2.75) is 25.8 Å². The third-order valence-electron chi connectivity index (χ3n) is 5.39. The molecule has 1 saturated heterocycles. The van der Waals surface area contributed by atoms with Crippen LogP contribution in [0.4, 0.5) is 11.4 Å². The van der Waals surface area contributed by atoms with Crippen LogP contribution < -0.4 is 10.8 Å². The Bertz CT molecular complexity index is 1030. The van der Waals surface area contributed by atoms with Gasteiger partial charge in [-0.1, -0.05) is 42.5 Å². The quantitative estimate of drug-likeness (QED) is 0.263. The molecular formula is C23H28N6O3. The van der Waals surface area contributed by atoms with Crippen LogP contribution in [-0.4, -0.2) is 52.4 Å². The van der Waals surface area contributed by atoms with Gasteiger partial charge >= 0.3 is 0 Å². The molecular weight excluding hydrogens is 408 g/mol. The fourth-order valence-corrected chi connectivity index (χ4v) is 3.63. The number of hydrogen-bond acceptors (Lipinski definition) is 6. The first-order chi connectivity index (χ1) is 15.3. The number of nitrogens with two attached hydrogens (primary N) is 1. The molecule has 0 bridgehead atoms. The van der Waals surface area contributed by atoms with Crippen LogP contribution in [0.1, 0.15) is 30.9 Å². The average molecular weight is 437 g/mol. The molecule has 0 amide bonds. The number of anilines is 1. The lowest BCUT2D eigenvalue weighted by Crippen LogP contribution is -2.38. The van der Waals surface area contributed by atoms with E-state index in [1.54, 1.807) is 25.1 Å². The van der Waals surface area contributed by atoms with Crippen LogP contribution in [0.25, 0.3) is 6.08 Å². The van der Waals surface area contributed by atoms with Gasteiger partial charge in [-0.2, -0.15) is 0 Å². The molecule has 168 valence electrons. The van der Waals surface area contributed by atoms with E-state index in [0.29, 0.717) is 11.7 Å². The number of hydroxylamine groups is 1. The third-order valence-corrected chi connectivity index (χ3v) is 5.39. The topological polar surface area (TPSA) is 132 Å². The van der Waals surface area contributed by atoms with Crippen LogP contribution >= 0.6 is 0 Å². The highest BCUT2D eigenvalue weighted by atomic mass is 16.6. The van der Waals surface area contributed by atoms with Gasteiger partial charge in [-0.25, -0.2) is 5.06 Å². The number of likely N-dealkylation sites (tertiary alicyclic amines) is 1. The molecule has 0 saturated carbocycles. The molecule has 0 aliphatic carbocycles. The average Bonchev–Trinajstić information content (AvgIpc) is 2.79. The van der Waals surface area contributed by atoms with E-state index in [9.17, 15) is 15.3 Å². The van der Waals surface area contributed by atoms with Gasteiger partial charge in [0.2, 0.25) is 0 Å². The first kappa shape index (κ1) is 23.0. The summed E-state index contributed by atoms with van der Waals surface area (Å²) in [7, 11) is 0. The van der Waals surface area contributed by atoms with E-state index in [0.717, 1.165) is 42.1 Å². The highest BCUT2D eigenvalue weighted by molar-refractivity contribution is 5.98. The molecule has 2 aromatic rings. The molecule has 1 fully saturated rings. The van der Waals surface area contributed by atoms with Gasteiger partial charge in [0.15, 0.2) is 0 Å². The second-order valence-corrected chi connectivity index (χ2v) is 7.67. The smallest absolute Gasteiger partial charge is 0.294 e. The van der Waals surface area contributed by atoms with E-state index in [1.807, 2.05) is 35.2 Å². The number of hydrogen-bond donors (Lipinski definition) is 3. The van der Waals surface area contributed by atoms with Crippen LogP contribution in [-0.2, 0) is 0 Å². The van der Waals surface area contributed by atoms with E-state index < -0.39 is 4.92 Å². The summed E-state index contributed by atoms with van der Waals surface area (Å²) in [6, 6.07) is 13.8. The Kier molecular flexibility index (Phi) is 7.56. The number of nitro groups is 1. The van der Waals surface area contributed by atoms with Crippen LogP contribution in [0.5, 0.6) is 0 Å². The van der Waals surface area contributed by atoms with Crippen molar-refractivity contribution in [3.63, 3.8) is 0 Å². The largest absolute Gasteiger partial charge is 0.383 e. The molecule has 1 heterocycles. The lowest BCUT2D eigenvalue weighted by atomic mass is 10.0. The Balaban J connectivity index is 1.63. The lowest BCUT2D eigenvalue weighted by Gasteiger charge is -2.31. The van der Waals surface area contributed by atoms with E-state index in [1.165, 1.54) is 12.1 Å². The summed E-state index contributed by atoms with van der Waals surface area (Å²) >= 11 is 0. The van der Waals surface area contributed by atoms with Gasteiger partial charge in [0.25, 0.3) is 5.69 Å². The van der Waals surface area contributed by atoms with Crippen molar-refractivity contribution in [3.8, 4) is 0 Å². The van der Waals surface area contributed by atoms with Crippen LogP contribution in [0, 0.1) is 15.5 Å². The van der Waals surface area contributed by atoms with Crippen molar-refractivity contribution in [3.05, 3.63) is 75.8 Å². The minimum Gasteiger partial charge on any atom is -0.383 e. The molecule has 0 spiro atoms. The summed E-state index contributed by atoms with van der Waals surface area (Å²) in [5, 5.41) is 29.9. The number of piperidine rings is 1. The van der Waals surface area contributed by atoms with Gasteiger partial charge in [0, 0.05) is 24.7 Å². The van der Waals surface area contributed by atoms with Crippen molar-refractivity contribution in [2.75, 3.05) is 24.7 Å². The second kappa shape index (κ2) is 10.5. The van der Waals surface area contributed by atoms with Crippen molar-refractivity contribution >= 4 is 29.1 Å². The van der Waals surface area contributed by atoms with Crippen molar-refractivity contribution in [2.24, 2.45) is 10.7 Å². The normalized spacial score (nSPS) is 15.2. The summed E-state index contributed by atoms with van der Waals surface area (Å²) < 4.78 is 0. The fourth-order valence-electron chi connectivity index (χ4n) is 3.63. The SMILES string of the molecule is CC(=N)N1CCC(N=C(N)c2cccc(/C=C/CN(O)c3ccccc3[N+](=O)[O-])c2)CC1. The minimum absolute atomic E-state index is 0.0870. The fraction of sp³-hybridized carbons (Fsp3) is 0.304. The number of nitrogens with zero attached hydrogens (tertiary/aromatic N) is 4. The zero-order chi connectivity index (χ0) is 23.1. The predicted octanol–water partition coefficient (Wildman–Crippen LogP) is 3.67. The summed E-state index contributed by atoms with van der Waals surface area (Å²) in [4.78, 5) is 17.3. The number of benzene rings is 2. The molecule has 1 aliphatic heterocycles. The van der Waals surface area contributed by atoms with Gasteiger partial charge < -0.3 is 10.6 Å². The number of para-hydroxylation sites is 2.